The van der Waals surface area contributed by atoms with E-state index in [1.807, 2.05) is 0 Å². The SMILES string of the molecule is CC(C)CCCCCCCCCCCCCCC(=O)O.OCC(O)CO. The molecule has 0 saturated carbocycles. The minimum atomic E-state index is -0.954. The molecule has 0 aliphatic carbocycles. The van der Waals surface area contributed by atoms with E-state index in [0.717, 1.165) is 18.8 Å². The number of aliphatic hydroxyl groups is 3. The molecule has 0 aliphatic rings. The molecule has 0 amide bonds. The Kier molecular flexibility index (Phi) is 23.7. The molecule has 0 aromatic carbocycles. The molecule has 0 aliphatic heterocycles. The van der Waals surface area contributed by atoms with Crippen molar-refractivity contribution >= 4 is 5.97 Å². The summed E-state index contributed by atoms with van der Waals surface area (Å²) < 4.78 is 0. The largest absolute Gasteiger partial charge is 0.481 e. The third kappa shape index (κ3) is 28.2. The molecule has 0 bridgehead atoms. The number of carboxylic acids is 1. The van der Waals surface area contributed by atoms with Gasteiger partial charge in [0.1, 0.15) is 6.10 Å². The summed E-state index contributed by atoms with van der Waals surface area (Å²) in [5.41, 5.74) is 0. The number of aliphatic hydroxyl groups excluding tert-OH is 3. The molecule has 0 rings (SSSR count). The maximum absolute atomic E-state index is 10.3. The maximum Gasteiger partial charge on any atom is 0.303 e. The van der Waals surface area contributed by atoms with E-state index in [0.29, 0.717) is 6.42 Å². The maximum atomic E-state index is 10.3. The first-order valence-corrected chi connectivity index (χ1v) is 10.6. The topological polar surface area (TPSA) is 98.0 Å². The number of rotatable bonds is 17. The summed E-state index contributed by atoms with van der Waals surface area (Å²) in [5.74, 6) is 0.212. The molecular formula is C21H44O5. The molecule has 4 N–H and O–H groups in total. The lowest BCUT2D eigenvalue weighted by molar-refractivity contribution is -0.137. The van der Waals surface area contributed by atoms with Crippen LogP contribution < -0.4 is 0 Å². The molecule has 0 unspecified atom stereocenters. The van der Waals surface area contributed by atoms with Gasteiger partial charge in [-0.25, -0.2) is 0 Å². The van der Waals surface area contributed by atoms with Gasteiger partial charge in [-0.3, -0.25) is 4.79 Å². The van der Waals surface area contributed by atoms with Crippen LogP contribution in [0.25, 0.3) is 0 Å². The number of carboxylic acid groups (broad SMARTS) is 1. The molecule has 0 radical (unpaired) electrons. The van der Waals surface area contributed by atoms with Crippen molar-refractivity contribution in [1.82, 2.24) is 0 Å². The normalized spacial score (nSPS) is 10.9. The summed E-state index contributed by atoms with van der Waals surface area (Å²) in [6, 6.07) is 0. The van der Waals surface area contributed by atoms with E-state index in [2.05, 4.69) is 13.8 Å². The number of hydrogen-bond acceptors (Lipinski definition) is 4. The van der Waals surface area contributed by atoms with Crippen LogP contribution >= 0.6 is 0 Å². The first kappa shape index (κ1) is 27.6. The van der Waals surface area contributed by atoms with Crippen LogP contribution in [0.2, 0.25) is 0 Å². The smallest absolute Gasteiger partial charge is 0.303 e. The number of unbranched alkanes of at least 4 members (excludes halogenated alkanes) is 11. The molecular weight excluding hydrogens is 332 g/mol. The van der Waals surface area contributed by atoms with Gasteiger partial charge in [-0.2, -0.15) is 0 Å². The van der Waals surface area contributed by atoms with Gasteiger partial charge in [0.05, 0.1) is 13.2 Å². The predicted octanol–water partition coefficient (Wildman–Crippen LogP) is 4.52. The molecule has 5 nitrogen and oxygen atoms in total. The second-order valence-corrected chi connectivity index (χ2v) is 7.59. The van der Waals surface area contributed by atoms with Crippen LogP contribution in [0.4, 0.5) is 0 Å². The van der Waals surface area contributed by atoms with Crippen molar-refractivity contribution in [2.75, 3.05) is 13.2 Å². The molecule has 26 heavy (non-hydrogen) atoms. The van der Waals surface area contributed by atoms with Crippen molar-refractivity contribution in [3.8, 4) is 0 Å². The molecule has 158 valence electrons. The third-order valence-electron chi connectivity index (χ3n) is 4.34. The highest BCUT2D eigenvalue weighted by molar-refractivity contribution is 5.66. The molecule has 5 heteroatoms. The van der Waals surface area contributed by atoms with Gasteiger partial charge in [0, 0.05) is 6.42 Å². The second kappa shape index (κ2) is 22.4. The third-order valence-corrected chi connectivity index (χ3v) is 4.34. The van der Waals surface area contributed by atoms with Crippen molar-refractivity contribution < 1.29 is 25.2 Å². The highest BCUT2D eigenvalue weighted by atomic mass is 16.4. The van der Waals surface area contributed by atoms with Crippen molar-refractivity contribution in [1.29, 1.82) is 0 Å². The van der Waals surface area contributed by atoms with Crippen molar-refractivity contribution in [2.24, 2.45) is 5.92 Å². The highest BCUT2D eigenvalue weighted by Gasteiger charge is 1.97. The van der Waals surface area contributed by atoms with Gasteiger partial charge >= 0.3 is 5.97 Å². The first-order valence-electron chi connectivity index (χ1n) is 10.6. The summed E-state index contributed by atoms with van der Waals surface area (Å²) in [6.07, 6.45) is 16.4. The summed E-state index contributed by atoms with van der Waals surface area (Å²) in [5, 5.41) is 32.5. The molecule has 0 fully saturated rings. The number of carbonyl (C=O) groups is 1. The minimum Gasteiger partial charge on any atom is -0.481 e. The van der Waals surface area contributed by atoms with Crippen LogP contribution in [0, 0.1) is 5.92 Å². The summed E-state index contributed by atoms with van der Waals surface area (Å²) in [4.78, 5) is 10.3. The lowest BCUT2D eigenvalue weighted by Gasteiger charge is -2.04. The van der Waals surface area contributed by atoms with E-state index >= 15 is 0 Å². The fourth-order valence-electron chi connectivity index (χ4n) is 2.65. The number of hydrogen-bond donors (Lipinski definition) is 4. The van der Waals surface area contributed by atoms with Crippen LogP contribution in [-0.2, 0) is 4.79 Å². The van der Waals surface area contributed by atoms with Gasteiger partial charge in [-0.15, -0.1) is 0 Å². The lowest BCUT2D eigenvalue weighted by Crippen LogP contribution is -2.15. The Morgan fingerprint density at radius 3 is 1.31 bits per heavy atom. The Bertz CT molecular complexity index is 278. The number of aliphatic carboxylic acids is 1. The summed E-state index contributed by atoms with van der Waals surface area (Å²) in [6.45, 7) is 3.89. The van der Waals surface area contributed by atoms with Gasteiger partial charge in [-0.05, 0) is 12.3 Å². The van der Waals surface area contributed by atoms with Gasteiger partial charge in [0.15, 0.2) is 0 Å². The van der Waals surface area contributed by atoms with E-state index in [9.17, 15) is 4.79 Å². The van der Waals surface area contributed by atoms with E-state index in [1.165, 1.54) is 70.6 Å². The predicted molar refractivity (Wildman–Crippen MR) is 107 cm³/mol. The van der Waals surface area contributed by atoms with Gasteiger partial charge in [0.2, 0.25) is 0 Å². The Morgan fingerprint density at radius 1 is 0.692 bits per heavy atom. The second-order valence-electron chi connectivity index (χ2n) is 7.59. The Morgan fingerprint density at radius 2 is 1.04 bits per heavy atom. The van der Waals surface area contributed by atoms with Crippen LogP contribution in [0.5, 0.6) is 0 Å². The van der Waals surface area contributed by atoms with Crippen LogP contribution in [0.1, 0.15) is 104 Å². The minimum absolute atomic E-state index is 0.344. The van der Waals surface area contributed by atoms with E-state index in [-0.39, 0.29) is 13.2 Å². The Labute approximate surface area is 160 Å². The zero-order valence-electron chi connectivity index (χ0n) is 17.2. The standard InChI is InChI=1S/C18H36O2.C3H8O3/c1-17(2)15-13-11-9-7-5-3-4-6-8-10-12-14-16-18(19)20;4-1-3(6)2-5/h17H,3-16H2,1-2H3,(H,19,20);3-6H,1-2H2. The quantitative estimate of drug-likeness (QED) is 0.280. The van der Waals surface area contributed by atoms with Crippen LogP contribution in [-0.4, -0.2) is 45.7 Å². The average Bonchev–Trinajstić information content (AvgIpc) is 2.61. The Hall–Kier alpha value is -0.650. The van der Waals surface area contributed by atoms with Gasteiger partial charge < -0.3 is 20.4 Å². The first-order chi connectivity index (χ1) is 12.4. The van der Waals surface area contributed by atoms with E-state index < -0.39 is 12.1 Å². The monoisotopic (exact) mass is 376 g/mol. The van der Waals surface area contributed by atoms with Gasteiger partial charge in [0.25, 0.3) is 0 Å². The zero-order valence-corrected chi connectivity index (χ0v) is 17.2. The fourth-order valence-corrected chi connectivity index (χ4v) is 2.65. The van der Waals surface area contributed by atoms with Gasteiger partial charge in [-0.1, -0.05) is 90.9 Å². The van der Waals surface area contributed by atoms with E-state index in [1.54, 1.807) is 0 Å². The average molecular weight is 377 g/mol. The molecule has 0 atom stereocenters. The Balaban J connectivity index is 0. The molecule has 0 aromatic rings. The van der Waals surface area contributed by atoms with Crippen molar-refractivity contribution in [3.05, 3.63) is 0 Å². The molecule has 0 spiro atoms. The molecule has 0 heterocycles. The molecule has 0 aromatic heterocycles. The zero-order chi connectivity index (χ0) is 20.0. The molecule has 0 saturated heterocycles. The van der Waals surface area contributed by atoms with Crippen LogP contribution in [0.3, 0.4) is 0 Å². The summed E-state index contributed by atoms with van der Waals surface area (Å²) in [7, 11) is 0. The van der Waals surface area contributed by atoms with Crippen molar-refractivity contribution in [3.63, 3.8) is 0 Å². The summed E-state index contributed by atoms with van der Waals surface area (Å²) >= 11 is 0. The van der Waals surface area contributed by atoms with Crippen LogP contribution in [0.15, 0.2) is 0 Å². The highest BCUT2D eigenvalue weighted by Crippen LogP contribution is 2.14. The van der Waals surface area contributed by atoms with E-state index in [4.69, 9.17) is 20.4 Å². The fraction of sp³-hybridized carbons (Fsp3) is 0.952. The lowest BCUT2D eigenvalue weighted by atomic mass is 10.0. The van der Waals surface area contributed by atoms with Crippen molar-refractivity contribution in [2.45, 2.75) is 110 Å².